The van der Waals surface area contributed by atoms with Crippen LogP contribution in [0.1, 0.15) is 73.0 Å². The highest BCUT2D eigenvalue weighted by Crippen LogP contribution is 2.45. The van der Waals surface area contributed by atoms with Crippen molar-refractivity contribution in [2.45, 2.75) is 88.5 Å². The lowest BCUT2D eigenvalue weighted by Gasteiger charge is -2.45. The lowest BCUT2D eigenvalue weighted by atomic mass is 9.78. The summed E-state index contributed by atoms with van der Waals surface area (Å²) >= 11 is 12.8. The molecule has 8 rings (SSSR count). The largest absolute Gasteiger partial charge is 0.457 e. The zero-order valence-electron chi connectivity index (χ0n) is 38.6. The minimum Gasteiger partial charge on any atom is -0.457 e. The molecule has 5 aromatic rings. The number of imidazole rings is 1. The number of aliphatic hydroxyl groups is 1. The molecule has 0 unspecified atom stereocenters. The Morgan fingerprint density at radius 3 is 2.27 bits per heavy atom. The molecule has 0 saturated carbocycles. The summed E-state index contributed by atoms with van der Waals surface area (Å²) in [6.45, 7) is 4.03. The molecule has 2 saturated heterocycles. The maximum atomic E-state index is 15.3. The van der Waals surface area contributed by atoms with Crippen molar-refractivity contribution in [1.29, 1.82) is 0 Å². The zero-order valence-corrected chi connectivity index (χ0v) is 40.1. The fourth-order valence-electron chi connectivity index (χ4n) is 9.96. The van der Waals surface area contributed by atoms with E-state index < -0.39 is 47.9 Å². The lowest BCUT2D eigenvalue weighted by Crippen LogP contribution is -2.65. The SMILES string of the molecule is CN1C[C@@H](Cc2ccc(Cl)cc2)N(C)C(=O)[C@H](CO)NC(=O)[C@](C)([C@@H]2CCc3ccccc32)N(Cc2ccc(Cl)cc2Oc2ccc(-c3cnc(CN4CCCC4)n3C)cc2)C(=O)CCC1=O. The van der Waals surface area contributed by atoms with E-state index in [2.05, 4.69) is 14.8 Å². The van der Waals surface area contributed by atoms with Gasteiger partial charge in [-0.1, -0.05) is 65.7 Å². The molecule has 4 amide bonds. The maximum absolute atomic E-state index is 15.3. The van der Waals surface area contributed by atoms with Crippen molar-refractivity contribution in [3.8, 4) is 22.8 Å². The summed E-state index contributed by atoms with van der Waals surface area (Å²) in [6.07, 6.45) is 5.55. The number of amides is 4. The number of nitrogens with zero attached hydrogens (tertiary/aromatic N) is 6. The van der Waals surface area contributed by atoms with Crippen LogP contribution < -0.4 is 10.1 Å². The minimum absolute atomic E-state index is 0.105. The number of nitrogens with one attached hydrogen (secondary N) is 1. The molecular weight excluding hydrogens is 890 g/mol. The Morgan fingerprint density at radius 2 is 1.54 bits per heavy atom. The minimum atomic E-state index is -1.63. The Labute approximate surface area is 402 Å². The number of aromatic nitrogens is 2. The Balaban J connectivity index is 1.13. The molecule has 15 heteroatoms. The molecule has 1 aromatic heterocycles. The predicted octanol–water partition coefficient (Wildman–Crippen LogP) is 7.40. The van der Waals surface area contributed by atoms with Crippen molar-refractivity contribution >= 4 is 46.8 Å². The summed E-state index contributed by atoms with van der Waals surface area (Å²) in [5.41, 5.74) is 3.73. The van der Waals surface area contributed by atoms with Crippen LogP contribution in [0.3, 0.4) is 0 Å². The number of benzene rings is 4. The van der Waals surface area contributed by atoms with E-state index in [1.807, 2.05) is 73.9 Å². The van der Waals surface area contributed by atoms with Crippen LogP contribution in [0.5, 0.6) is 11.5 Å². The zero-order chi connectivity index (χ0) is 47.4. The van der Waals surface area contributed by atoms with Gasteiger partial charge >= 0.3 is 0 Å². The second kappa shape index (κ2) is 20.6. The van der Waals surface area contributed by atoms with Crippen molar-refractivity contribution in [1.82, 2.24) is 34.5 Å². The van der Waals surface area contributed by atoms with Gasteiger partial charge in [0.1, 0.15) is 28.9 Å². The van der Waals surface area contributed by atoms with E-state index in [1.165, 1.54) is 27.5 Å². The van der Waals surface area contributed by atoms with Gasteiger partial charge in [-0.05, 0) is 117 Å². The van der Waals surface area contributed by atoms with E-state index in [0.29, 0.717) is 46.4 Å². The summed E-state index contributed by atoms with van der Waals surface area (Å²) in [7, 11) is 5.30. The van der Waals surface area contributed by atoms with Gasteiger partial charge in [-0.25, -0.2) is 4.98 Å². The van der Waals surface area contributed by atoms with E-state index >= 15 is 9.59 Å². The predicted molar refractivity (Wildman–Crippen MR) is 259 cm³/mol. The van der Waals surface area contributed by atoms with Gasteiger partial charge in [0.05, 0.1) is 37.6 Å². The summed E-state index contributed by atoms with van der Waals surface area (Å²) in [5, 5.41) is 14.7. The second-order valence-corrected chi connectivity index (χ2v) is 19.2. The molecule has 2 fully saturated rings. The molecule has 3 heterocycles. The van der Waals surface area contributed by atoms with Crippen LogP contribution in [-0.4, -0.2) is 116 Å². The van der Waals surface area contributed by atoms with Gasteiger partial charge in [-0.15, -0.1) is 0 Å². The number of rotatable bonds is 11. The molecule has 0 bridgehead atoms. The van der Waals surface area contributed by atoms with Crippen molar-refractivity contribution in [3.05, 3.63) is 135 Å². The van der Waals surface area contributed by atoms with Crippen LogP contribution in [0.4, 0.5) is 0 Å². The second-order valence-electron chi connectivity index (χ2n) is 18.3. The first-order chi connectivity index (χ1) is 32.2. The standard InChI is InChI=1S/C52H59Cl2N7O6/c1-52(43-22-16-35-9-5-6-10-42(35)43)51(66)56-44(33-62)50(65)58(3)40(27-34-11-17-38(53)18-12-34)31-57(2)48(63)23-24-49(64)61(52)30-37-13-19-39(54)28-46(37)67-41-20-14-36(15-21-41)45-29-55-47(59(45)4)32-60-25-7-8-26-60/h5-6,9-15,17-21,28-29,40,43-44,62H,7-8,16,22-27,30-33H2,1-4H3,(H,56,66)/t40-,43-,44+,52+/m1/s1. The first-order valence-corrected chi connectivity index (χ1v) is 23.8. The monoisotopic (exact) mass is 947 g/mol. The van der Waals surface area contributed by atoms with Crippen molar-refractivity contribution in [2.24, 2.45) is 7.05 Å². The van der Waals surface area contributed by atoms with Gasteiger partial charge in [0, 0.05) is 67.6 Å². The smallest absolute Gasteiger partial charge is 0.247 e. The van der Waals surface area contributed by atoms with E-state index in [1.54, 1.807) is 51.4 Å². The number of carbonyl (C=O) groups is 4. The number of aliphatic hydroxyl groups excluding tert-OH is 1. The number of halogens is 2. The number of carbonyl (C=O) groups excluding carboxylic acids is 4. The third-order valence-corrected chi connectivity index (χ3v) is 14.5. The number of likely N-dealkylation sites (N-methyl/N-ethyl adjacent to an activating group) is 2. The van der Waals surface area contributed by atoms with Gasteiger partial charge in [0.2, 0.25) is 23.6 Å². The maximum Gasteiger partial charge on any atom is 0.247 e. The first-order valence-electron chi connectivity index (χ1n) is 23.1. The fraction of sp³-hybridized carbons (Fsp3) is 0.404. The van der Waals surface area contributed by atoms with Crippen LogP contribution in [0, 0.1) is 0 Å². The Morgan fingerprint density at radius 1 is 0.836 bits per heavy atom. The first kappa shape index (κ1) is 47.8. The highest BCUT2D eigenvalue weighted by molar-refractivity contribution is 6.31. The molecule has 1 aliphatic carbocycles. The third-order valence-electron chi connectivity index (χ3n) is 14.0. The Hall–Kier alpha value is -5.73. The van der Waals surface area contributed by atoms with Crippen LogP contribution in [-0.2, 0) is 52.2 Å². The van der Waals surface area contributed by atoms with Gasteiger partial charge in [-0.2, -0.15) is 0 Å². The molecule has 0 spiro atoms. The van der Waals surface area contributed by atoms with Gasteiger partial charge in [0.25, 0.3) is 0 Å². The number of hydrogen-bond acceptors (Lipinski definition) is 8. The number of aryl methyl sites for hydroxylation is 1. The molecule has 352 valence electrons. The van der Waals surface area contributed by atoms with Crippen LogP contribution in [0.2, 0.25) is 10.0 Å². The molecule has 2 aliphatic heterocycles. The summed E-state index contributed by atoms with van der Waals surface area (Å²) < 4.78 is 8.70. The number of fused-ring (bicyclic) bond motifs is 1. The Bertz CT molecular complexity index is 2600. The number of ether oxygens (including phenoxy) is 1. The summed E-state index contributed by atoms with van der Waals surface area (Å²) in [6, 6.07) is 26.1. The third kappa shape index (κ3) is 10.4. The van der Waals surface area contributed by atoms with E-state index in [-0.39, 0.29) is 31.8 Å². The highest BCUT2D eigenvalue weighted by Gasteiger charge is 2.52. The molecule has 0 radical (unpaired) electrons. The van der Waals surface area contributed by atoms with E-state index in [9.17, 15) is 14.7 Å². The van der Waals surface area contributed by atoms with Crippen molar-refractivity contribution in [3.63, 3.8) is 0 Å². The fourth-order valence-corrected chi connectivity index (χ4v) is 10.2. The molecule has 13 nitrogen and oxygen atoms in total. The van der Waals surface area contributed by atoms with Crippen LogP contribution in [0.15, 0.2) is 97.2 Å². The average molecular weight is 949 g/mol. The average Bonchev–Trinajstić information content (AvgIpc) is 4.10. The van der Waals surface area contributed by atoms with E-state index in [0.717, 1.165) is 53.4 Å². The Kier molecular flexibility index (Phi) is 14.7. The summed E-state index contributed by atoms with van der Waals surface area (Å²) in [5.74, 6) is -0.483. The molecular formula is C52H59Cl2N7O6. The van der Waals surface area contributed by atoms with Gasteiger partial charge in [0.15, 0.2) is 0 Å². The molecule has 2 N–H and O–H groups in total. The normalized spacial score (nSPS) is 22.3. The number of likely N-dealkylation sites (tertiary alicyclic amines) is 1. The van der Waals surface area contributed by atoms with Crippen LogP contribution >= 0.6 is 23.2 Å². The number of hydrogen-bond donors (Lipinski definition) is 2. The van der Waals surface area contributed by atoms with Gasteiger partial charge < -0.3 is 34.4 Å². The molecule has 4 atom stereocenters. The van der Waals surface area contributed by atoms with Crippen LogP contribution in [0.25, 0.3) is 11.3 Å². The van der Waals surface area contributed by atoms with Crippen molar-refractivity contribution in [2.75, 3.05) is 40.3 Å². The summed E-state index contributed by atoms with van der Waals surface area (Å²) in [4.78, 5) is 70.5. The quantitative estimate of drug-likeness (QED) is 0.140. The lowest BCUT2D eigenvalue weighted by molar-refractivity contribution is -0.153. The topological polar surface area (TPSA) is 141 Å². The molecule has 3 aliphatic rings. The molecule has 67 heavy (non-hydrogen) atoms. The highest BCUT2D eigenvalue weighted by atomic mass is 35.5. The molecule has 4 aromatic carbocycles. The van der Waals surface area contributed by atoms with Crippen molar-refractivity contribution < 1.29 is 29.0 Å². The van der Waals surface area contributed by atoms with E-state index in [4.69, 9.17) is 32.9 Å². The van der Waals surface area contributed by atoms with Gasteiger partial charge in [-0.3, -0.25) is 24.1 Å².